The smallest absolute Gasteiger partial charge is 0.173 e. The van der Waals surface area contributed by atoms with Crippen molar-refractivity contribution in [1.82, 2.24) is 4.98 Å². The first-order valence-electron chi connectivity index (χ1n) is 5.91. The van der Waals surface area contributed by atoms with Gasteiger partial charge in [0.2, 0.25) is 0 Å². The summed E-state index contributed by atoms with van der Waals surface area (Å²) in [4.78, 5) is 16.5. The minimum Gasteiger partial charge on any atom is -0.293 e. The van der Waals surface area contributed by atoms with E-state index in [0.29, 0.717) is 5.75 Å². The van der Waals surface area contributed by atoms with Crippen molar-refractivity contribution in [3.63, 3.8) is 0 Å². The number of carbonyl (C=O) groups excluding carboxylic acids is 1. The molecule has 0 aliphatic carbocycles. The molecule has 2 aromatic rings. The van der Waals surface area contributed by atoms with Crippen LogP contribution in [-0.2, 0) is 0 Å². The molecule has 0 unspecified atom stereocenters. The molecule has 0 amide bonds. The van der Waals surface area contributed by atoms with E-state index in [1.807, 2.05) is 50.2 Å². The third kappa shape index (κ3) is 4.31. The second kappa shape index (κ2) is 6.52. The molecule has 4 heteroatoms. The highest BCUT2D eigenvalue weighted by Gasteiger charge is 2.07. The lowest BCUT2D eigenvalue weighted by Gasteiger charge is -2.04. The van der Waals surface area contributed by atoms with Crippen LogP contribution in [0.4, 0.5) is 0 Å². The fraction of sp³-hybridized carbons (Fsp3) is 0.200. The first-order chi connectivity index (χ1) is 9.04. The molecular weight excluding hydrogens is 369 g/mol. The molecule has 0 atom stereocenters. The molecule has 2 rings (SSSR count). The normalized spacial score (nSPS) is 10.5. The molecule has 0 fully saturated rings. The summed E-state index contributed by atoms with van der Waals surface area (Å²) in [5.74, 6) is 0.568. The average Bonchev–Trinajstić information content (AvgIpc) is 2.36. The van der Waals surface area contributed by atoms with E-state index in [0.717, 1.165) is 19.9 Å². The zero-order valence-corrected chi connectivity index (χ0v) is 13.8. The summed E-state index contributed by atoms with van der Waals surface area (Å²) in [6, 6.07) is 11.7. The number of benzene rings is 1. The Labute approximate surface area is 131 Å². The van der Waals surface area contributed by atoms with Crippen molar-refractivity contribution in [2.45, 2.75) is 18.9 Å². The van der Waals surface area contributed by atoms with E-state index < -0.39 is 0 Å². The van der Waals surface area contributed by atoms with Gasteiger partial charge in [-0.25, -0.2) is 4.98 Å². The van der Waals surface area contributed by atoms with Crippen LogP contribution in [0.3, 0.4) is 0 Å². The number of halogens is 1. The van der Waals surface area contributed by atoms with Crippen molar-refractivity contribution >= 4 is 40.1 Å². The zero-order chi connectivity index (χ0) is 13.8. The fourth-order valence-corrected chi connectivity index (χ4v) is 3.02. The van der Waals surface area contributed by atoms with E-state index in [2.05, 4.69) is 27.6 Å². The molecule has 0 saturated heterocycles. The van der Waals surface area contributed by atoms with Gasteiger partial charge in [0, 0.05) is 14.8 Å². The second-order valence-electron chi connectivity index (χ2n) is 4.34. The van der Waals surface area contributed by atoms with Crippen molar-refractivity contribution in [2.24, 2.45) is 0 Å². The Kier molecular flexibility index (Phi) is 4.99. The number of aryl methyl sites for hydroxylation is 2. The molecule has 19 heavy (non-hydrogen) atoms. The van der Waals surface area contributed by atoms with Gasteiger partial charge < -0.3 is 0 Å². The molecule has 0 aliphatic rings. The number of nitrogens with zero attached hydrogens (tertiary/aromatic N) is 1. The lowest BCUT2D eigenvalue weighted by atomic mass is 10.2. The Bertz CT molecular complexity index is 575. The molecule has 0 saturated carbocycles. The highest BCUT2D eigenvalue weighted by molar-refractivity contribution is 14.1. The Morgan fingerprint density at radius 2 is 1.89 bits per heavy atom. The topological polar surface area (TPSA) is 30.0 Å². The van der Waals surface area contributed by atoms with Crippen LogP contribution in [0.2, 0.25) is 0 Å². The van der Waals surface area contributed by atoms with Crippen molar-refractivity contribution in [3.8, 4) is 0 Å². The Hall–Kier alpha value is -0.880. The van der Waals surface area contributed by atoms with E-state index in [9.17, 15) is 4.79 Å². The molecule has 98 valence electrons. The third-order valence-corrected chi connectivity index (χ3v) is 4.22. The van der Waals surface area contributed by atoms with E-state index in [1.165, 1.54) is 17.3 Å². The molecule has 0 N–H and O–H groups in total. The highest BCUT2D eigenvalue weighted by atomic mass is 127. The van der Waals surface area contributed by atoms with Gasteiger partial charge in [-0.3, -0.25) is 4.79 Å². The molecular formula is C15H14INOS. The van der Waals surface area contributed by atoms with Gasteiger partial charge in [-0.1, -0.05) is 23.9 Å². The highest BCUT2D eigenvalue weighted by Crippen LogP contribution is 2.19. The Morgan fingerprint density at radius 3 is 2.53 bits per heavy atom. The minimum absolute atomic E-state index is 0.141. The quantitative estimate of drug-likeness (QED) is 0.449. The summed E-state index contributed by atoms with van der Waals surface area (Å²) in [6.07, 6.45) is 0. The van der Waals surface area contributed by atoms with Crippen LogP contribution in [0.25, 0.3) is 0 Å². The van der Waals surface area contributed by atoms with Crippen LogP contribution in [0.1, 0.15) is 21.6 Å². The number of rotatable bonds is 4. The summed E-state index contributed by atoms with van der Waals surface area (Å²) >= 11 is 3.72. The van der Waals surface area contributed by atoms with Gasteiger partial charge in [-0.2, -0.15) is 0 Å². The van der Waals surface area contributed by atoms with Crippen LogP contribution < -0.4 is 0 Å². The molecule has 1 aromatic heterocycles. The third-order valence-electron chi connectivity index (χ3n) is 2.59. The van der Waals surface area contributed by atoms with Crippen LogP contribution >= 0.6 is 34.4 Å². The van der Waals surface area contributed by atoms with E-state index in [4.69, 9.17) is 0 Å². The zero-order valence-electron chi connectivity index (χ0n) is 10.8. The summed E-state index contributed by atoms with van der Waals surface area (Å²) in [6.45, 7) is 4.01. The fourth-order valence-electron chi connectivity index (χ4n) is 1.74. The van der Waals surface area contributed by atoms with Gasteiger partial charge in [0.1, 0.15) is 0 Å². The van der Waals surface area contributed by atoms with Crippen molar-refractivity contribution < 1.29 is 4.79 Å². The van der Waals surface area contributed by atoms with Gasteiger partial charge in [0.05, 0.1) is 10.8 Å². The SMILES string of the molecule is Cc1cc(C)nc(SCC(=O)c2ccc(I)cc2)c1. The largest absolute Gasteiger partial charge is 0.293 e. The van der Waals surface area contributed by atoms with Crippen molar-refractivity contribution in [3.05, 3.63) is 56.8 Å². The van der Waals surface area contributed by atoms with E-state index >= 15 is 0 Å². The maximum atomic E-state index is 12.0. The second-order valence-corrected chi connectivity index (χ2v) is 6.58. The lowest BCUT2D eigenvalue weighted by molar-refractivity contribution is 0.102. The molecule has 1 aromatic carbocycles. The number of pyridine rings is 1. The Balaban J connectivity index is 2.02. The summed E-state index contributed by atoms with van der Waals surface area (Å²) in [5.41, 5.74) is 2.93. The van der Waals surface area contributed by atoms with Crippen LogP contribution in [-0.4, -0.2) is 16.5 Å². The number of carbonyl (C=O) groups is 1. The van der Waals surface area contributed by atoms with Gasteiger partial charge in [0.25, 0.3) is 0 Å². The maximum Gasteiger partial charge on any atom is 0.173 e. The number of ketones is 1. The number of thioether (sulfide) groups is 1. The number of hydrogen-bond acceptors (Lipinski definition) is 3. The molecule has 0 radical (unpaired) electrons. The average molecular weight is 383 g/mol. The molecule has 0 spiro atoms. The van der Waals surface area contributed by atoms with E-state index in [1.54, 1.807) is 0 Å². The van der Waals surface area contributed by atoms with Crippen molar-refractivity contribution in [2.75, 3.05) is 5.75 Å². The number of hydrogen-bond donors (Lipinski definition) is 0. The van der Waals surface area contributed by atoms with Crippen LogP contribution in [0, 0.1) is 17.4 Å². The van der Waals surface area contributed by atoms with Crippen LogP contribution in [0.15, 0.2) is 41.4 Å². The van der Waals surface area contributed by atoms with Gasteiger partial charge in [0.15, 0.2) is 5.78 Å². The van der Waals surface area contributed by atoms with Gasteiger partial charge in [-0.05, 0) is 66.3 Å². The van der Waals surface area contributed by atoms with E-state index in [-0.39, 0.29) is 5.78 Å². The first-order valence-corrected chi connectivity index (χ1v) is 7.98. The van der Waals surface area contributed by atoms with Gasteiger partial charge >= 0.3 is 0 Å². The number of Topliss-reactive ketones (excluding diaryl/α,β-unsaturated/α-hetero) is 1. The predicted octanol–water partition coefficient (Wildman–Crippen LogP) is 4.28. The van der Waals surface area contributed by atoms with Crippen LogP contribution in [0.5, 0.6) is 0 Å². The lowest BCUT2D eigenvalue weighted by Crippen LogP contribution is -2.02. The summed E-state index contributed by atoms with van der Waals surface area (Å²) < 4.78 is 1.14. The van der Waals surface area contributed by atoms with Gasteiger partial charge in [-0.15, -0.1) is 0 Å². The minimum atomic E-state index is 0.141. The monoisotopic (exact) mass is 383 g/mol. The standard InChI is InChI=1S/C15H14INOS/c1-10-7-11(2)17-15(8-10)19-9-14(18)12-3-5-13(16)6-4-12/h3-8H,9H2,1-2H3. The molecule has 0 bridgehead atoms. The number of aromatic nitrogens is 1. The molecule has 2 nitrogen and oxygen atoms in total. The maximum absolute atomic E-state index is 12.0. The first kappa shape index (κ1) is 14.5. The summed E-state index contributed by atoms with van der Waals surface area (Å²) in [7, 11) is 0. The Morgan fingerprint density at radius 1 is 1.21 bits per heavy atom. The summed E-state index contributed by atoms with van der Waals surface area (Å²) in [5, 5.41) is 0.913. The molecule has 0 aliphatic heterocycles. The van der Waals surface area contributed by atoms with Crippen molar-refractivity contribution in [1.29, 1.82) is 0 Å². The predicted molar refractivity (Wildman–Crippen MR) is 87.9 cm³/mol. The molecule has 1 heterocycles.